The van der Waals surface area contributed by atoms with Crippen molar-refractivity contribution in [2.45, 2.75) is 6.54 Å². The molecule has 0 aliphatic carbocycles. The van der Waals surface area contributed by atoms with Gasteiger partial charge in [0.15, 0.2) is 0 Å². The highest BCUT2D eigenvalue weighted by atomic mass is 19.1. The number of carbonyl (C=O) groups is 1. The van der Waals surface area contributed by atoms with Crippen molar-refractivity contribution in [1.29, 1.82) is 0 Å². The summed E-state index contributed by atoms with van der Waals surface area (Å²) in [5, 5.41) is 2.99. The third-order valence-electron chi connectivity index (χ3n) is 2.74. The lowest BCUT2D eigenvalue weighted by molar-refractivity contribution is 0.0602. The molecule has 0 aliphatic heterocycles. The molecule has 0 saturated carbocycles. The van der Waals surface area contributed by atoms with E-state index in [1.807, 2.05) is 17.8 Å². The van der Waals surface area contributed by atoms with E-state index in [2.05, 4.69) is 15.0 Å². The first-order valence-corrected chi connectivity index (χ1v) is 5.69. The maximum Gasteiger partial charge on any atom is 0.339 e. The Labute approximate surface area is 110 Å². The predicted molar refractivity (Wildman–Crippen MR) is 68.3 cm³/mol. The molecule has 1 heterocycles. The molecule has 2 rings (SSSR count). The van der Waals surface area contributed by atoms with Crippen LogP contribution in [0.15, 0.2) is 30.6 Å². The Bertz CT molecular complexity index is 595. The first-order chi connectivity index (χ1) is 9.11. The average molecular weight is 263 g/mol. The zero-order valence-corrected chi connectivity index (χ0v) is 10.7. The number of aryl methyl sites for hydroxylation is 1. The number of nitrogens with zero attached hydrogens (tertiary/aromatic N) is 2. The lowest BCUT2D eigenvalue weighted by Gasteiger charge is -2.10. The molecule has 5 nitrogen and oxygen atoms in total. The van der Waals surface area contributed by atoms with Gasteiger partial charge >= 0.3 is 5.97 Å². The molecule has 0 unspecified atom stereocenters. The van der Waals surface area contributed by atoms with Crippen molar-refractivity contribution in [2.24, 2.45) is 7.05 Å². The van der Waals surface area contributed by atoms with Gasteiger partial charge in [0.05, 0.1) is 24.9 Å². The highest BCUT2D eigenvalue weighted by Gasteiger charge is 2.13. The molecule has 0 saturated heterocycles. The predicted octanol–water partition coefficient (Wildman–Crippen LogP) is 1.96. The van der Waals surface area contributed by atoms with Crippen molar-refractivity contribution in [1.82, 2.24) is 9.55 Å². The lowest BCUT2D eigenvalue weighted by Crippen LogP contribution is -2.11. The van der Waals surface area contributed by atoms with Crippen LogP contribution >= 0.6 is 0 Å². The van der Waals surface area contributed by atoms with Crippen molar-refractivity contribution in [2.75, 3.05) is 12.4 Å². The highest BCUT2D eigenvalue weighted by Crippen LogP contribution is 2.18. The Morgan fingerprint density at radius 3 is 2.95 bits per heavy atom. The van der Waals surface area contributed by atoms with Crippen LogP contribution in [0.3, 0.4) is 0 Å². The van der Waals surface area contributed by atoms with Crippen molar-refractivity contribution >= 4 is 11.7 Å². The van der Waals surface area contributed by atoms with Crippen LogP contribution in [0.4, 0.5) is 10.1 Å². The molecular weight excluding hydrogens is 249 g/mol. The number of carbonyl (C=O) groups excluding carboxylic acids is 1. The topological polar surface area (TPSA) is 56.1 Å². The Balaban J connectivity index is 2.21. The molecule has 0 amide bonds. The molecule has 1 aromatic heterocycles. The SMILES string of the molecule is COC(=O)c1ccc(F)cc1NCc1nccn1C. The van der Waals surface area contributed by atoms with Crippen LogP contribution < -0.4 is 5.32 Å². The van der Waals surface area contributed by atoms with E-state index >= 15 is 0 Å². The second kappa shape index (κ2) is 5.51. The van der Waals surface area contributed by atoms with E-state index < -0.39 is 11.8 Å². The van der Waals surface area contributed by atoms with Crippen molar-refractivity contribution < 1.29 is 13.9 Å². The van der Waals surface area contributed by atoms with E-state index in [-0.39, 0.29) is 5.56 Å². The summed E-state index contributed by atoms with van der Waals surface area (Å²) < 4.78 is 19.7. The Hall–Kier alpha value is -2.37. The highest BCUT2D eigenvalue weighted by molar-refractivity contribution is 5.95. The molecule has 2 aromatic rings. The molecule has 0 radical (unpaired) electrons. The number of anilines is 1. The van der Waals surface area contributed by atoms with Gasteiger partial charge in [-0.1, -0.05) is 0 Å². The summed E-state index contributed by atoms with van der Waals surface area (Å²) in [6.07, 6.45) is 3.48. The lowest BCUT2D eigenvalue weighted by atomic mass is 10.1. The molecule has 0 atom stereocenters. The first kappa shape index (κ1) is 13.1. The molecule has 0 spiro atoms. The number of esters is 1. The summed E-state index contributed by atoms with van der Waals surface area (Å²) in [6.45, 7) is 0.386. The van der Waals surface area contributed by atoms with E-state index in [1.165, 1.54) is 25.3 Å². The number of aromatic nitrogens is 2. The zero-order valence-electron chi connectivity index (χ0n) is 10.7. The second-order valence-corrected chi connectivity index (χ2v) is 3.99. The molecule has 0 aliphatic rings. The van der Waals surface area contributed by atoms with Gasteiger partial charge in [-0.2, -0.15) is 0 Å². The van der Waals surface area contributed by atoms with E-state index in [0.29, 0.717) is 12.2 Å². The van der Waals surface area contributed by atoms with Gasteiger partial charge in [0, 0.05) is 19.4 Å². The van der Waals surface area contributed by atoms with Crippen LogP contribution in [0, 0.1) is 5.82 Å². The Morgan fingerprint density at radius 1 is 1.53 bits per heavy atom. The average Bonchev–Trinajstić information content (AvgIpc) is 2.81. The quantitative estimate of drug-likeness (QED) is 0.857. The van der Waals surface area contributed by atoms with Gasteiger partial charge in [-0.15, -0.1) is 0 Å². The van der Waals surface area contributed by atoms with Crippen molar-refractivity contribution in [3.8, 4) is 0 Å². The third kappa shape index (κ3) is 2.90. The van der Waals surface area contributed by atoms with Crippen LogP contribution in [0.2, 0.25) is 0 Å². The number of rotatable bonds is 4. The van der Waals surface area contributed by atoms with E-state index in [1.54, 1.807) is 6.20 Å². The number of imidazole rings is 1. The van der Waals surface area contributed by atoms with E-state index in [4.69, 9.17) is 0 Å². The molecule has 19 heavy (non-hydrogen) atoms. The van der Waals surface area contributed by atoms with E-state index in [0.717, 1.165) is 5.82 Å². The third-order valence-corrected chi connectivity index (χ3v) is 2.74. The summed E-state index contributed by atoms with van der Waals surface area (Å²) in [5.74, 6) is -0.155. The fourth-order valence-corrected chi connectivity index (χ4v) is 1.69. The number of hydrogen-bond donors (Lipinski definition) is 1. The normalized spacial score (nSPS) is 10.3. The van der Waals surface area contributed by atoms with Crippen molar-refractivity contribution in [3.05, 3.63) is 47.8 Å². The molecule has 1 aromatic carbocycles. The van der Waals surface area contributed by atoms with Gasteiger partial charge in [0.1, 0.15) is 11.6 Å². The number of ether oxygens (including phenoxy) is 1. The van der Waals surface area contributed by atoms with Crippen LogP contribution in [0.5, 0.6) is 0 Å². The van der Waals surface area contributed by atoms with Crippen LogP contribution in [-0.2, 0) is 18.3 Å². The monoisotopic (exact) mass is 263 g/mol. The minimum atomic E-state index is -0.512. The maximum absolute atomic E-state index is 13.2. The summed E-state index contributed by atoms with van der Waals surface area (Å²) in [4.78, 5) is 15.7. The smallest absolute Gasteiger partial charge is 0.339 e. The largest absolute Gasteiger partial charge is 0.465 e. The maximum atomic E-state index is 13.2. The van der Waals surface area contributed by atoms with Crippen LogP contribution in [0.1, 0.15) is 16.2 Å². The molecule has 100 valence electrons. The zero-order chi connectivity index (χ0) is 13.8. The fraction of sp³-hybridized carbons (Fsp3) is 0.231. The summed E-state index contributed by atoms with van der Waals surface area (Å²) >= 11 is 0. The number of nitrogens with one attached hydrogen (secondary N) is 1. The minimum absolute atomic E-state index is 0.290. The van der Waals surface area contributed by atoms with E-state index in [9.17, 15) is 9.18 Å². The van der Waals surface area contributed by atoms with Crippen molar-refractivity contribution in [3.63, 3.8) is 0 Å². The fourth-order valence-electron chi connectivity index (χ4n) is 1.69. The second-order valence-electron chi connectivity index (χ2n) is 3.99. The van der Waals surface area contributed by atoms with Crippen LogP contribution in [-0.4, -0.2) is 22.6 Å². The van der Waals surface area contributed by atoms with Gasteiger partial charge < -0.3 is 14.6 Å². The standard InChI is InChI=1S/C13H14FN3O2/c1-17-6-5-15-12(17)8-16-11-7-9(14)3-4-10(11)13(18)19-2/h3-7,16H,8H2,1-2H3. The van der Waals surface area contributed by atoms with Crippen LogP contribution in [0.25, 0.3) is 0 Å². The first-order valence-electron chi connectivity index (χ1n) is 5.69. The minimum Gasteiger partial charge on any atom is -0.465 e. The molecular formula is C13H14FN3O2. The van der Waals surface area contributed by atoms with Gasteiger partial charge in [-0.3, -0.25) is 0 Å². The molecule has 1 N–H and O–H groups in total. The number of hydrogen-bond acceptors (Lipinski definition) is 4. The Morgan fingerprint density at radius 2 is 2.32 bits per heavy atom. The van der Waals surface area contributed by atoms with Gasteiger partial charge in [-0.25, -0.2) is 14.2 Å². The Kier molecular flexibility index (Phi) is 3.79. The summed E-state index contributed by atoms with van der Waals surface area (Å²) in [7, 11) is 3.14. The molecule has 6 heteroatoms. The molecule has 0 bridgehead atoms. The van der Waals surface area contributed by atoms with Gasteiger partial charge in [0.25, 0.3) is 0 Å². The molecule has 0 fully saturated rings. The summed E-state index contributed by atoms with van der Waals surface area (Å²) in [5.41, 5.74) is 0.674. The number of methoxy groups -OCH3 is 1. The number of benzene rings is 1. The van der Waals surface area contributed by atoms with Gasteiger partial charge in [0.2, 0.25) is 0 Å². The number of halogens is 1. The van der Waals surface area contributed by atoms with Gasteiger partial charge in [-0.05, 0) is 18.2 Å². The summed E-state index contributed by atoms with van der Waals surface area (Å²) in [6, 6.07) is 3.87.